The van der Waals surface area contributed by atoms with Crippen molar-refractivity contribution in [2.45, 2.75) is 27.2 Å². The fourth-order valence-corrected chi connectivity index (χ4v) is 5.44. The van der Waals surface area contributed by atoms with E-state index in [1.807, 2.05) is 19.4 Å². The highest BCUT2D eigenvalue weighted by Crippen LogP contribution is 2.43. The maximum absolute atomic E-state index is 12.6. The van der Waals surface area contributed by atoms with E-state index >= 15 is 0 Å². The van der Waals surface area contributed by atoms with Gasteiger partial charge in [-0.3, -0.25) is 9.48 Å². The molecule has 30 heavy (non-hydrogen) atoms. The molecule has 2 aromatic heterocycles. The van der Waals surface area contributed by atoms with E-state index in [9.17, 15) is 4.79 Å². The van der Waals surface area contributed by atoms with Crippen LogP contribution in [-0.4, -0.2) is 40.4 Å². The van der Waals surface area contributed by atoms with Crippen molar-refractivity contribution in [1.82, 2.24) is 20.1 Å². The van der Waals surface area contributed by atoms with Gasteiger partial charge in [0.05, 0.1) is 18.4 Å². The van der Waals surface area contributed by atoms with Crippen molar-refractivity contribution in [1.29, 1.82) is 0 Å². The van der Waals surface area contributed by atoms with Crippen molar-refractivity contribution < 1.29 is 9.53 Å². The lowest BCUT2D eigenvalue weighted by atomic mass is 9.89. The van der Waals surface area contributed by atoms with Crippen LogP contribution in [0.25, 0.3) is 11.1 Å². The summed E-state index contributed by atoms with van der Waals surface area (Å²) in [5.74, 6) is 0.771. The molecule has 1 N–H and O–H groups in total. The average molecular weight is 424 g/mol. The quantitative estimate of drug-likeness (QED) is 0.681. The number of fused-ring (bicyclic) bond motifs is 2. The Morgan fingerprint density at radius 3 is 2.90 bits per heavy atom. The first-order valence-corrected chi connectivity index (χ1v) is 10.9. The summed E-state index contributed by atoms with van der Waals surface area (Å²) in [6.45, 7) is 8.38. The standard InChI is InChI=1S/C22H25N5O2S/c1-13-7-17-16(8-15(13)14-10-24-26(4)11-14)27(5-6-29-17)21-25-19-18(30-21)9-22(2,3)12-23-20(19)28/h7-8,10-11H,5-6,9,12H2,1-4H3,(H,23,28). The minimum atomic E-state index is -0.0773. The van der Waals surface area contributed by atoms with Gasteiger partial charge >= 0.3 is 0 Å². The lowest BCUT2D eigenvalue weighted by Crippen LogP contribution is -2.32. The van der Waals surface area contributed by atoms with Gasteiger partial charge in [-0.15, -0.1) is 11.3 Å². The van der Waals surface area contributed by atoms with E-state index in [0.717, 1.165) is 44.6 Å². The summed E-state index contributed by atoms with van der Waals surface area (Å²) in [5, 5.41) is 8.18. The zero-order valence-electron chi connectivity index (χ0n) is 17.7. The lowest BCUT2D eigenvalue weighted by molar-refractivity contribution is 0.0940. The van der Waals surface area contributed by atoms with Gasteiger partial charge in [0.1, 0.15) is 18.1 Å². The number of hydrogen-bond acceptors (Lipinski definition) is 6. The summed E-state index contributed by atoms with van der Waals surface area (Å²) in [5.41, 5.74) is 4.88. The summed E-state index contributed by atoms with van der Waals surface area (Å²) in [6, 6.07) is 4.23. The van der Waals surface area contributed by atoms with E-state index in [2.05, 4.69) is 48.2 Å². The van der Waals surface area contributed by atoms with Crippen LogP contribution < -0.4 is 15.0 Å². The third-order valence-corrected chi connectivity index (χ3v) is 6.76. The Labute approximate surface area is 179 Å². The van der Waals surface area contributed by atoms with E-state index in [1.165, 1.54) is 0 Å². The van der Waals surface area contributed by atoms with Crippen molar-refractivity contribution in [3.63, 3.8) is 0 Å². The summed E-state index contributed by atoms with van der Waals surface area (Å²) >= 11 is 1.62. The summed E-state index contributed by atoms with van der Waals surface area (Å²) in [4.78, 5) is 20.6. The van der Waals surface area contributed by atoms with Gasteiger partial charge < -0.3 is 15.0 Å². The predicted octanol–water partition coefficient (Wildman–Crippen LogP) is 3.69. The molecule has 4 heterocycles. The highest BCUT2D eigenvalue weighted by atomic mass is 32.1. The molecule has 0 fully saturated rings. The number of aromatic nitrogens is 3. The van der Waals surface area contributed by atoms with Gasteiger partial charge in [-0.05, 0) is 42.0 Å². The van der Waals surface area contributed by atoms with Gasteiger partial charge in [0.25, 0.3) is 5.91 Å². The maximum Gasteiger partial charge on any atom is 0.271 e. The van der Waals surface area contributed by atoms with Crippen LogP contribution in [0.15, 0.2) is 24.5 Å². The number of thiazole rings is 1. The largest absolute Gasteiger partial charge is 0.490 e. The van der Waals surface area contributed by atoms with Crippen LogP contribution in [0.5, 0.6) is 5.75 Å². The summed E-state index contributed by atoms with van der Waals surface area (Å²) in [7, 11) is 1.92. The van der Waals surface area contributed by atoms with Crippen LogP contribution in [0.3, 0.4) is 0 Å². The number of aryl methyl sites for hydroxylation is 2. The number of carbonyl (C=O) groups is 1. The molecule has 0 saturated heterocycles. The number of amides is 1. The molecule has 0 unspecified atom stereocenters. The van der Waals surface area contributed by atoms with E-state index < -0.39 is 0 Å². The molecule has 0 saturated carbocycles. The van der Waals surface area contributed by atoms with E-state index in [-0.39, 0.29) is 11.3 Å². The topological polar surface area (TPSA) is 72.3 Å². The van der Waals surface area contributed by atoms with Crippen molar-refractivity contribution in [3.05, 3.63) is 40.7 Å². The van der Waals surface area contributed by atoms with Crippen molar-refractivity contribution in [2.75, 3.05) is 24.6 Å². The number of ether oxygens (including phenoxy) is 1. The molecule has 0 aliphatic carbocycles. The van der Waals surface area contributed by atoms with Crippen molar-refractivity contribution in [3.8, 4) is 16.9 Å². The molecule has 3 aromatic rings. The fraction of sp³-hybridized carbons (Fsp3) is 0.409. The molecule has 0 bridgehead atoms. The molecular formula is C22H25N5O2S. The second-order valence-corrected chi connectivity index (χ2v) is 9.89. The molecule has 8 heteroatoms. The first kappa shape index (κ1) is 19.1. The third-order valence-electron chi connectivity index (χ3n) is 5.68. The van der Waals surface area contributed by atoms with E-state index in [1.54, 1.807) is 16.0 Å². The number of anilines is 2. The molecule has 2 aliphatic heterocycles. The van der Waals surface area contributed by atoms with E-state index in [4.69, 9.17) is 9.72 Å². The second-order valence-electron chi connectivity index (χ2n) is 8.83. The smallest absolute Gasteiger partial charge is 0.271 e. The SMILES string of the molecule is Cc1cc2c(cc1-c1cnn(C)c1)N(c1nc3c(s1)CC(C)(C)CNC3=O)CCO2. The molecule has 0 atom stereocenters. The van der Waals surface area contributed by atoms with Gasteiger partial charge in [0.15, 0.2) is 5.13 Å². The van der Waals surface area contributed by atoms with Crippen LogP contribution in [0.2, 0.25) is 0 Å². The molecule has 7 nitrogen and oxygen atoms in total. The molecule has 0 spiro atoms. The van der Waals surface area contributed by atoms with Crippen molar-refractivity contribution in [2.24, 2.45) is 12.5 Å². The van der Waals surface area contributed by atoms with Gasteiger partial charge in [-0.2, -0.15) is 5.10 Å². The highest BCUT2D eigenvalue weighted by Gasteiger charge is 2.32. The minimum Gasteiger partial charge on any atom is -0.490 e. The number of rotatable bonds is 2. The van der Waals surface area contributed by atoms with Gasteiger partial charge in [-0.1, -0.05) is 13.8 Å². The van der Waals surface area contributed by atoms with Crippen LogP contribution in [0.1, 0.15) is 34.8 Å². The van der Waals surface area contributed by atoms with Crippen LogP contribution in [0.4, 0.5) is 10.8 Å². The zero-order chi connectivity index (χ0) is 21.0. The highest BCUT2D eigenvalue weighted by molar-refractivity contribution is 7.16. The predicted molar refractivity (Wildman–Crippen MR) is 118 cm³/mol. The molecule has 1 aromatic carbocycles. The van der Waals surface area contributed by atoms with Crippen molar-refractivity contribution >= 4 is 28.1 Å². The number of nitrogens with one attached hydrogen (secondary N) is 1. The number of carbonyl (C=O) groups excluding carboxylic acids is 1. The maximum atomic E-state index is 12.6. The van der Waals surface area contributed by atoms with Gasteiger partial charge in [-0.25, -0.2) is 4.98 Å². The van der Waals surface area contributed by atoms with Crippen LogP contribution >= 0.6 is 11.3 Å². The molecule has 5 rings (SSSR count). The zero-order valence-corrected chi connectivity index (χ0v) is 18.5. The Kier molecular flexibility index (Phi) is 4.36. The van der Waals surface area contributed by atoms with Crippen LogP contribution in [-0.2, 0) is 13.5 Å². The number of nitrogens with zero attached hydrogens (tertiary/aromatic N) is 4. The molecule has 2 aliphatic rings. The Hall–Kier alpha value is -2.87. The second kappa shape index (κ2) is 6.84. The Bertz CT molecular complexity index is 1150. The lowest BCUT2D eigenvalue weighted by Gasteiger charge is -2.30. The van der Waals surface area contributed by atoms with Gasteiger partial charge in [0.2, 0.25) is 0 Å². The molecule has 156 valence electrons. The molecule has 1 amide bonds. The Balaban J connectivity index is 1.59. The minimum absolute atomic E-state index is 0.0121. The Morgan fingerprint density at radius 2 is 2.13 bits per heavy atom. The fourth-order valence-electron chi connectivity index (χ4n) is 4.09. The van der Waals surface area contributed by atoms with Crippen LogP contribution in [0, 0.1) is 12.3 Å². The number of hydrogen-bond donors (Lipinski definition) is 1. The monoisotopic (exact) mass is 423 g/mol. The summed E-state index contributed by atoms with van der Waals surface area (Å²) < 4.78 is 7.77. The average Bonchev–Trinajstić information content (AvgIpc) is 3.28. The first-order chi connectivity index (χ1) is 14.3. The number of benzene rings is 1. The van der Waals surface area contributed by atoms with Gasteiger partial charge in [0, 0.05) is 30.2 Å². The summed E-state index contributed by atoms with van der Waals surface area (Å²) in [6.07, 6.45) is 4.73. The molecule has 0 radical (unpaired) electrons. The third kappa shape index (κ3) is 3.25. The molecular weight excluding hydrogens is 398 g/mol. The Morgan fingerprint density at radius 1 is 1.30 bits per heavy atom. The normalized spacial score (nSPS) is 17.6. The first-order valence-electron chi connectivity index (χ1n) is 10.1. The van der Waals surface area contributed by atoms with E-state index in [0.29, 0.717) is 25.4 Å².